The van der Waals surface area contributed by atoms with Crippen LogP contribution in [0.2, 0.25) is 0 Å². The minimum absolute atomic E-state index is 0.0419. The third-order valence-corrected chi connectivity index (χ3v) is 3.27. The maximum Gasteiger partial charge on any atom is 0.306 e. The number of ether oxygens (including phenoxy) is 1. The van der Waals surface area contributed by atoms with Crippen molar-refractivity contribution in [1.82, 2.24) is 5.32 Å². The molecule has 6 nitrogen and oxygen atoms in total. The van der Waals surface area contributed by atoms with Crippen molar-refractivity contribution in [3.05, 3.63) is 0 Å². The van der Waals surface area contributed by atoms with E-state index in [1.165, 1.54) is 6.92 Å². The molecule has 1 unspecified atom stereocenters. The van der Waals surface area contributed by atoms with Gasteiger partial charge in [-0.05, 0) is 32.6 Å². The Morgan fingerprint density at radius 1 is 1.42 bits per heavy atom. The molecule has 1 saturated carbocycles. The lowest BCUT2D eigenvalue weighted by Crippen LogP contribution is -2.43. The van der Waals surface area contributed by atoms with Gasteiger partial charge in [-0.2, -0.15) is 0 Å². The Morgan fingerprint density at radius 2 is 2.05 bits per heavy atom. The fraction of sp³-hybridized carbons (Fsp3) is 0.846. The molecule has 6 heteroatoms. The first-order valence-electron chi connectivity index (χ1n) is 6.65. The van der Waals surface area contributed by atoms with Crippen LogP contribution in [0.25, 0.3) is 0 Å². The second-order valence-electron chi connectivity index (χ2n) is 5.46. The predicted octanol–water partition coefficient (Wildman–Crippen LogP) is 0.533. The Labute approximate surface area is 113 Å². The molecule has 0 heterocycles. The molecule has 1 fully saturated rings. The van der Waals surface area contributed by atoms with Crippen molar-refractivity contribution in [1.29, 1.82) is 0 Å². The molecule has 0 saturated heterocycles. The van der Waals surface area contributed by atoms with Crippen LogP contribution in [0.3, 0.4) is 0 Å². The molecule has 1 rings (SSSR count). The molecule has 1 amide bonds. The van der Waals surface area contributed by atoms with E-state index in [9.17, 15) is 14.7 Å². The largest absolute Gasteiger partial charge is 0.481 e. The summed E-state index contributed by atoms with van der Waals surface area (Å²) in [6.45, 7) is 4.00. The quantitative estimate of drug-likeness (QED) is 0.599. The van der Waals surface area contributed by atoms with Gasteiger partial charge in [-0.25, -0.2) is 0 Å². The van der Waals surface area contributed by atoms with Crippen molar-refractivity contribution in [3.8, 4) is 0 Å². The van der Waals surface area contributed by atoms with Gasteiger partial charge in [-0.1, -0.05) is 0 Å². The zero-order valence-electron chi connectivity index (χ0n) is 11.5. The summed E-state index contributed by atoms with van der Waals surface area (Å²) in [7, 11) is 0. The van der Waals surface area contributed by atoms with Gasteiger partial charge in [-0.15, -0.1) is 0 Å². The SMILES string of the molecule is CCOC1CC(CC(=O)NCC(C)(O)CC(=O)O)C1. The molecule has 3 N–H and O–H groups in total. The van der Waals surface area contributed by atoms with E-state index >= 15 is 0 Å². The minimum atomic E-state index is -1.41. The zero-order chi connectivity index (χ0) is 14.5. The Balaban J connectivity index is 2.17. The van der Waals surface area contributed by atoms with Gasteiger partial charge in [-0.3, -0.25) is 9.59 Å². The van der Waals surface area contributed by atoms with Crippen LogP contribution in [0.15, 0.2) is 0 Å². The molecule has 1 aliphatic rings. The number of aliphatic hydroxyl groups is 1. The highest BCUT2D eigenvalue weighted by Gasteiger charge is 2.31. The highest BCUT2D eigenvalue weighted by molar-refractivity contribution is 5.76. The smallest absolute Gasteiger partial charge is 0.306 e. The van der Waals surface area contributed by atoms with Crippen LogP contribution in [0, 0.1) is 5.92 Å². The van der Waals surface area contributed by atoms with Crippen LogP contribution in [-0.4, -0.2) is 46.9 Å². The van der Waals surface area contributed by atoms with Crippen LogP contribution in [0.4, 0.5) is 0 Å². The summed E-state index contributed by atoms with van der Waals surface area (Å²) in [5.41, 5.74) is -1.41. The number of rotatable bonds is 8. The van der Waals surface area contributed by atoms with Gasteiger partial charge in [0.05, 0.1) is 18.1 Å². The van der Waals surface area contributed by atoms with Gasteiger partial charge in [0.2, 0.25) is 5.91 Å². The summed E-state index contributed by atoms with van der Waals surface area (Å²) in [5.74, 6) is -0.899. The van der Waals surface area contributed by atoms with E-state index in [2.05, 4.69) is 5.32 Å². The monoisotopic (exact) mass is 273 g/mol. The number of carboxylic acids is 1. The van der Waals surface area contributed by atoms with Crippen molar-refractivity contribution in [2.75, 3.05) is 13.2 Å². The summed E-state index contributed by atoms with van der Waals surface area (Å²) in [5, 5.41) is 20.9. The maximum atomic E-state index is 11.6. The molecule has 1 atom stereocenters. The number of carbonyl (C=O) groups is 2. The lowest BCUT2D eigenvalue weighted by Gasteiger charge is -2.34. The standard InChI is InChI=1S/C13H23NO5/c1-3-19-10-4-9(5-10)6-11(15)14-8-13(2,18)7-12(16)17/h9-10,18H,3-8H2,1-2H3,(H,14,15)(H,16,17). The molecule has 0 aromatic rings. The fourth-order valence-corrected chi connectivity index (χ4v) is 2.22. The van der Waals surface area contributed by atoms with Gasteiger partial charge in [0.1, 0.15) is 0 Å². The summed E-state index contributed by atoms with van der Waals surface area (Å²) in [6.07, 6.45) is 2.09. The number of hydrogen-bond acceptors (Lipinski definition) is 4. The van der Waals surface area contributed by atoms with Crippen molar-refractivity contribution in [3.63, 3.8) is 0 Å². The maximum absolute atomic E-state index is 11.6. The summed E-state index contributed by atoms with van der Waals surface area (Å²) < 4.78 is 5.41. The van der Waals surface area contributed by atoms with Crippen LogP contribution < -0.4 is 5.32 Å². The van der Waals surface area contributed by atoms with E-state index in [1.54, 1.807) is 0 Å². The van der Waals surface area contributed by atoms with Crippen molar-refractivity contribution in [2.45, 2.75) is 51.2 Å². The second kappa shape index (κ2) is 6.86. The third-order valence-electron chi connectivity index (χ3n) is 3.27. The summed E-state index contributed by atoms with van der Waals surface area (Å²) in [4.78, 5) is 22.1. The van der Waals surface area contributed by atoms with Crippen LogP contribution in [0.1, 0.15) is 39.5 Å². The molecule has 19 heavy (non-hydrogen) atoms. The average molecular weight is 273 g/mol. The zero-order valence-corrected chi connectivity index (χ0v) is 11.5. The van der Waals surface area contributed by atoms with E-state index in [0.717, 1.165) is 12.8 Å². The number of carbonyl (C=O) groups excluding carboxylic acids is 1. The van der Waals surface area contributed by atoms with E-state index in [1.807, 2.05) is 6.92 Å². The lowest BCUT2D eigenvalue weighted by atomic mass is 9.80. The number of nitrogens with one attached hydrogen (secondary N) is 1. The molecular weight excluding hydrogens is 250 g/mol. The van der Waals surface area contributed by atoms with E-state index < -0.39 is 11.6 Å². The van der Waals surface area contributed by atoms with Gasteiger partial charge in [0.15, 0.2) is 0 Å². The lowest BCUT2D eigenvalue weighted by molar-refractivity contribution is -0.142. The highest BCUT2D eigenvalue weighted by Crippen LogP contribution is 2.32. The third kappa shape index (κ3) is 6.02. The van der Waals surface area contributed by atoms with Crippen LogP contribution in [-0.2, 0) is 14.3 Å². The topological polar surface area (TPSA) is 95.9 Å². The van der Waals surface area contributed by atoms with Crippen molar-refractivity contribution in [2.24, 2.45) is 5.92 Å². The van der Waals surface area contributed by atoms with Crippen LogP contribution in [0.5, 0.6) is 0 Å². The molecule has 0 aromatic heterocycles. The van der Waals surface area contributed by atoms with Crippen LogP contribution >= 0.6 is 0 Å². The summed E-state index contributed by atoms with van der Waals surface area (Å²) in [6, 6.07) is 0. The first-order chi connectivity index (χ1) is 8.82. The number of hydrogen-bond donors (Lipinski definition) is 3. The van der Waals surface area contributed by atoms with E-state index in [-0.39, 0.29) is 25.0 Å². The van der Waals surface area contributed by atoms with Crippen molar-refractivity contribution >= 4 is 11.9 Å². The molecule has 0 bridgehead atoms. The second-order valence-corrected chi connectivity index (χ2v) is 5.46. The van der Waals surface area contributed by atoms with E-state index in [4.69, 9.17) is 9.84 Å². The first-order valence-corrected chi connectivity index (χ1v) is 6.65. The molecule has 0 spiro atoms. The normalized spacial score (nSPS) is 25.2. The Bertz CT molecular complexity index is 323. The van der Waals surface area contributed by atoms with Gasteiger partial charge in [0, 0.05) is 19.6 Å². The average Bonchev–Trinajstić information content (AvgIpc) is 2.22. The molecule has 110 valence electrons. The minimum Gasteiger partial charge on any atom is -0.481 e. The predicted molar refractivity (Wildman–Crippen MR) is 68.6 cm³/mol. The van der Waals surface area contributed by atoms with Gasteiger partial charge < -0.3 is 20.3 Å². The Morgan fingerprint density at radius 3 is 2.58 bits per heavy atom. The number of amides is 1. The number of aliphatic carboxylic acids is 1. The Hall–Kier alpha value is -1.14. The molecule has 0 aliphatic heterocycles. The van der Waals surface area contributed by atoms with E-state index in [0.29, 0.717) is 18.9 Å². The molecule has 0 radical (unpaired) electrons. The Kier molecular flexibility index (Phi) is 5.75. The first kappa shape index (κ1) is 15.9. The molecule has 0 aromatic carbocycles. The van der Waals surface area contributed by atoms with Crippen molar-refractivity contribution < 1.29 is 24.5 Å². The summed E-state index contributed by atoms with van der Waals surface area (Å²) >= 11 is 0. The van der Waals surface area contributed by atoms with Gasteiger partial charge >= 0.3 is 5.97 Å². The van der Waals surface area contributed by atoms with Gasteiger partial charge in [0.25, 0.3) is 0 Å². The fourth-order valence-electron chi connectivity index (χ4n) is 2.22. The highest BCUT2D eigenvalue weighted by atomic mass is 16.5. The number of carboxylic acid groups (broad SMARTS) is 1. The molecule has 1 aliphatic carbocycles. The molecular formula is C13H23NO5.